The van der Waals surface area contributed by atoms with Crippen LogP contribution in [0, 0.1) is 0 Å². The van der Waals surface area contributed by atoms with Crippen LogP contribution in [0.15, 0.2) is 0 Å². The molecule has 0 bridgehead atoms. The SMILES string of the molecule is CCCCC(P)(CCC)CCCC. The number of hydrogen-bond acceptors (Lipinski definition) is 0. The first-order chi connectivity index (χ1) is 6.18. The molecule has 0 aromatic heterocycles. The molecule has 0 aliphatic heterocycles. The van der Waals surface area contributed by atoms with Gasteiger partial charge in [0.2, 0.25) is 0 Å². The topological polar surface area (TPSA) is 0 Å². The predicted octanol–water partition coefficient (Wildman–Crippen LogP) is 4.78. The molecule has 0 saturated heterocycles. The Morgan fingerprint density at radius 1 is 0.769 bits per heavy atom. The maximum Gasteiger partial charge on any atom is -0.0150 e. The fourth-order valence-corrected chi connectivity index (χ4v) is 2.63. The largest absolute Gasteiger partial charge is 0.131 e. The van der Waals surface area contributed by atoms with Crippen LogP contribution in [0.2, 0.25) is 0 Å². The number of unbranched alkanes of at least 4 members (excludes halogenated alkanes) is 2. The van der Waals surface area contributed by atoms with E-state index < -0.39 is 0 Å². The van der Waals surface area contributed by atoms with Crippen molar-refractivity contribution >= 4 is 9.24 Å². The summed E-state index contributed by atoms with van der Waals surface area (Å²) in [5.74, 6) is 0. The zero-order chi connectivity index (χ0) is 10.2. The fraction of sp³-hybridized carbons (Fsp3) is 1.00. The van der Waals surface area contributed by atoms with Crippen LogP contribution in [-0.4, -0.2) is 5.16 Å². The van der Waals surface area contributed by atoms with Crippen molar-refractivity contribution in [3.8, 4) is 0 Å². The lowest BCUT2D eigenvalue weighted by molar-refractivity contribution is 0.433. The molecule has 0 nitrogen and oxygen atoms in total. The van der Waals surface area contributed by atoms with Crippen molar-refractivity contribution in [2.45, 2.75) is 77.3 Å². The summed E-state index contributed by atoms with van der Waals surface area (Å²) in [5, 5.41) is 0.570. The van der Waals surface area contributed by atoms with E-state index in [1.165, 1.54) is 51.4 Å². The summed E-state index contributed by atoms with van der Waals surface area (Å²) >= 11 is 0. The maximum absolute atomic E-state index is 3.14. The lowest BCUT2D eigenvalue weighted by atomic mass is 9.90. The smallest absolute Gasteiger partial charge is 0.0150 e. The molecular formula is C12H27P. The quantitative estimate of drug-likeness (QED) is 0.497. The van der Waals surface area contributed by atoms with E-state index in [0.29, 0.717) is 5.16 Å². The molecule has 0 rings (SSSR count). The second kappa shape index (κ2) is 7.80. The van der Waals surface area contributed by atoms with Crippen LogP contribution in [0.1, 0.15) is 72.1 Å². The summed E-state index contributed by atoms with van der Waals surface area (Å²) in [6.45, 7) is 6.88. The Balaban J connectivity index is 3.84. The molecule has 0 amide bonds. The van der Waals surface area contributed by atoms with Crippen molar-refractivity contribution in [2.75, 3.05) is 0 Å². The van der Waals surface area contributed by atoms with Crippen LogP contribution in [0.25, 0.3) is 0 Å². The summed E-state index contributed by atoms with van der Waals surface area (Å²) in [7, 11) is 3.14. The second-order valence-electron chi connectivity index (χ2n) is 4.32. The molecular weight excluding hydrogens is 175 g/mol. The third kappa shape index (κ3) is 6.49. The van der Waals surface area contributed by atoms with E-state index in [4.69, 9.17) is 0 Å². The number of rotatable bonds is 8. The van der Waals surface area contributed by atoms with Gasteiger partial charge in [-0.05, 0) is 24.4 Å². The maximum atomic E-state index is 3.14. The molecule has 0 heterocycles. The predicted molar refractivity (Wildman–Crippen MR) is 66.4 cm³/mol. The summed E-state index contributed by atoms with van der Waals surface area (Å²) in [5.41, 5.74) is 0. The molecule has 0 aliphatic carbocycles. The molecule has 13 heavy (non-hydrogen) atoms. The van der Waals surface area contributed by atoms with Gasteiger partial charge in [0.25, 0.3) is 0 Å². The fourth-order valence-electron chi connectivity index (χ4n) is 1.93. The minimum atomic E-state index is 0.570. The Morgan fingerprint density at radius 2 is 1.23 bits per heavy atom. The van der Waals surface area contributed by atoms with Gasteiger partial charge in [-0.2, -0.15) is 0 Å². The average Bonchev–Trinajstić information content (AvgIpc) is 2.12. The van der Waals surface area contributed by atoms with Gasteiger partial charge in [0, 0.05) is 0 Å². The molecule has 0 radical (unpaired) electrons. The Labute approximate surface area is 87.1 Å². The van der Waals surface area contributed by atoms with E-state index in [1.54, 1.807) is 0 Å². The minimum Gasteiger partial charge on any atom is -0.131 e. The van der Waals surface area contributed by atoms with Gasteiger partial charge in [-0.25, -0.2) is 0 Å². The second-order valence-corrected chi connectivity index (χ2v) is 5.54. The summed E-state index contributed by atoms with van der Waals surface area (Å²) < 4.78 is 0. The Hall–Kier alpha value is 0.430. The van der Waals surface area contributed by atoms with Gasteiger partial charge in [-0.1, -0.05) is 52.9 Å². The summed E-state index contributed by atoms with van der Waals surface area (Å²) in [6.07, 6.45) is 11.0. The molecule has 0 aliphatic rings. The van der Waals surface area contributed by atoms with Gasteiger partial charge >= 0.3 is 0 Å². The van der Waals surface area contributed by atoms with E-state index in [-0.39, 0.29) is 0 Å². The lowest BCUT2D eigenvalue weighted by Gasteiger charge is -2.29. The molecule has 1 unspecified atom stereocenters. The highest BCUT2D eigenvalue weighted by molar-refractivity contribution is 7.19. The first kappa shape index (κ1) is 13.4. The van der Waals surface area contributed by atoms with E-state index >= 15 is 0 Å². The average molecular weight is 202 g/mol. The van der Waals surface area contributed by atoms with Crippen LogP contribution in [0.5, 0.6) is 0 Å². The first-order valence-corrected chi connectivity index (χ1v) is 6.55. The van der Waals surface area contributed by atoms with E-state index in [9.17, 15) is 0 Å². The normalized spacial score (nSPS) is 12.0. The molecule has 1 heteroatoms. The zero-order valence-corrected chi connectivity index (χ0v) is 10.9. The third-order valence-electron chi connectivity index (χ3n) is 2.80. The number of hydrogen-bond donors (Lipinski definition) is 0. The first-order valence-electron chi connectivity index (χ1n) is 5.97. The standard InChI is InChI=1S/C12H27P/c1-4-7-10-12(13,9-6-3)11-8-5-2/h4-11,13H2,1-3H3. The molecule has 0 spiro atoms. The summed E-state index contributed by atoms with van der Waals surface area (Å²) in [6, 6.07) is 0. The monoisotopic (exact) mass is 202 g/mol. The van der Waals surface area contributed by atoms with Crippen molar-refractivity contribution in [2.24, 2.45) is 0 Å². The van der Waals surface area contributed by atoms with Gasteiger partial charge < -0.3 is 0 Å². The Bertz CT molecular complexity index is 102. The van der Waals surface area contributed by atoms with Gasteiger partial charge in [0.15, 0.2) is 0 Å². The lowest BCUT2D eigenvalue weighted by Crippen LogP contribution is -2.20. The van der Waals surface area contributed by atoms with Crippen LogP contribution in [0.4, 0.5) is 0 Å². The van der Waals surface area contributed by atoms with Crippen molar-refractivity contribution in [1.82, 2.24) is 0 Å². The van der Waals surface area contributed by atoms with Crippen molar-refractivity contribution in [3.05, 3.63) is 0 Å². The highest BCUT2D eigenvalue weighted by Crippen LogP contribution is 2.35. The Kier molecular flexibility index (Phi) is 8.06. The van der Waals surface area contributed by atoms with Crippen molar-refractivity contribution < 1.29 is 0 Å². The van der Waals surface area contributed by atoms with Gasteiger partial charge in [0.05, 0.1) is 0 Å². The van der Waals surface area contributed by atoms with E-state index in [1.807, 2.05) is 0 Å². The van der Waals surface area contributed by atoms with Crippen LogP contribution >= 0.6 is 9.24 Å². The Morgan fingerprint density at radius 3 is 1.54 bits per heavy atom. The highest BCUT2D eigenvalue weighted by atomic mass is 31.0. The van der Waals surface area contributed by atoms with E-state index in [0.717, 1.165) is 0 Å². The molecule has 80 valence electrons. The zero-order valence-electron chi connectivity index (χ0n) is 9.73. The van der Waals surface area contributed by atoms with Crippen molar-refractivity contribution in [1.29, 1.82) is 0 Å². The van der Waals surface area contributed by atoms with Crippen LogP contribution in [0.3, 0.4) is 0 Å². The van der Waals surface area contributed by atoms with E-state index in [2.05, 4.69) is 30.0 Å². The van der Waals surface area contributed by atoms with Gasteiger partial charge in [0.1, 0.15) is 0 Å². The van der Waals surface area contributed by atoms with Gasteiger partial charge in [-0.15, -0.1) is 9.24 Å². The third-order valence-corrected chi connectivity index (χ3v) is 3.67. The van der Waals surface area contributed by atoms with Crippen LogP contribution < -0.4 is 0 Å². The summed E-state index contributed by atoms with van der Waals surface area (Å²) in [4.78, 5) is 0. The highest BCUT2D eigenvalue weighted by Gasteiger charge is 2.21. The molecule has 0 N–H and O–H groups in total. The van der Waals surface area contributed by atoms with Crippen LogP contribution in [-0.2, 0) is 0 Å². The molecule has 0 fully saturated rings. The van der Waals surface area contributed by atoms with Gasteiger partial charge in [-0.3, -0.25) is 0 Å². The van der Waals surface area contributed by atoms with Crippen molar-refractivity contribution in [3.63, 3.8) is 0 Å². The molecule has 0 saturated carbocycles. The minimum absolute atomic E-state index is 0.570. The molecule has 0 aromatic rings. The molecule has 1 atom stereocenters. The molecule has 0 aromatic carbocycles.